The van der Waals surface area contributed by atoms with Crippen LogP contribution in [0.3, 0.4) is 0 Å². The maximum Gasteiger partial charge on any atom is 0.146 e. The van der Waals surface area contributed by atoms with E-state index in [1.165, 1.54) is 0 Å². The van der Waals surface area contributed by atoms with Crippen molar-refractivity contribution in [3.8, 4) is 5.75 Å². The van der Waals surface area contributed by atoms with Crippen molar-refractivity contribution in [1.29, 1.82) is 0 Å². The van der Waals surface area contributed by atoms with Crippen LogP contribution in [0, 0.1) is 0 Å². The fraction of sp³-hybridized carbons (Fsp3) is 0.357. The minimum atomic E-state index is 0.430. The Hall–Kier alpha value is -1.81. The second-order valence-corrected chi connectivity index (χ2v) is 4.03. The Bertz CT molecular complexity index is 455. The molecule has 2 aromatic rings. The lowest BCUT2D eigenvalue weighted by Gasteiger charge is -2.10. The summed E-state index contributed by atoms with van der Waals surface area (Å²) < 4.78 is 10.9. The van der Waals surface area contributed by atoms with E-state index in [1.807, 2.05) is 18.2 Å². The standard InChI is InChI=1S/C14H18N2O2/c1-2-6-15-9-12-5-7-16-10-14(12)18-11-13-4-3-8-17-13/h3-5,7-8,10,15H,2,6,9,11H2,1H3. The van der Waals surface area contributed by atoms with Gasteiger partial charge in [-0.1, -0.05) is 6.92 Å². The van der Waals surface area contributed by atoms with Gasteiger partial charge in [-0.05, 0) is 31.2 Å². The maximum absolute atomic E-state index is 5.72. The Kier molecular flexibility index (Phi) is 4.78. The van der Waals surface area contributed by atoms with Crippen LogP contribution < -0.4 is 10.1 Å². The van der Waals surface area contributed by atoms with Gasteiger partial charge in [0.1, 0.15) is 18.1 Å². The molecule has 18 heavy (non-hydrogen) atoms. The van der Waals surface area contributed by atoms with Crippen molar-refractivity contribution in [2.75, 3.05) is 6.54 Å². The average molecular weight is 246 g/mol. The Labute approximate surface area is 107 Å². The molecule has 2 rings (SSSR count). The molecule has 4 nitrogen and oxygen atoms in total. The highest BCUT2D eigenvalue weighted by molar-refractivity contribution is 5.29. The van der Waals surface area contributed by atoms with Crippen LogP contribution in [0.2, 0.25) is 0 Å². The van der Waals surface area contributed by atoms with Gasteiger partial charge in [-0.2, -0.15) is 0 Å². The van der Waals surface area contributed by atoms with Crippen molar-refractivity contribution in [2.24, 2.45) is 0 Å². The van der Waals surface area contributed by atoms with E-state index in [9.17, 15) is 0 Å². The lowest BCUT2D eigenvalue weighted by Crippen LogP contribution is -2.14. The molecule has 0 spiro atoms. The molecule has 1 N–H and O–H groups in total. The number of hydrogen-bond acceptors (Lipinski definition) is 4. The molecule has 0 unspecified atom stereocenters. The number of nitrogens with zero attached hydrogens (tertiary/aromatic N) is 1. The van der Waals surface area contributed by atoms with Crippen molar-refractivity contribution < 1.29 is 9.15 Å². The van der Waals surface area contributed by atoms with Gasteiger partial charge in [-0.15, -0.1) is 0 Å². The van der Waals surface area contributed by atoms with Crippen LogP contribution in [0.5, 0.6) is 5.75 Å². The molecule has 0 aliphatic heterocycles. The van der Waals surface area contributed by atoms with Crippen LogP contribution in [0.25, 0.3) is 0 Å². The van der Waals surface area contributed by atoms with Crippen molar-refractivity contribution in [2.45, 2.75) is 26.5 Å². The van der Waals surface area contributed by atoms with Crippen LogP contribution in [-0.4, -0.2) is 11.5 Å². The quantitative estimate of drug-likeness (QED) is 0.763. The number of ether oxygens (including phenoxy) is 1. The largest absolute Gasteiger partial charge is 0.484 e. The molecule has 0 atom stereocenters. The molecule has 0 bridgehead atoms. The minimum Gasteiger partial charge on any atom is -0.484 e. The fourth-order valence-electron chi connectivity index (χ4n) is 1.63. The molecule has 96 valence electrons. The van der Waals surface area contributed by atoms with E-state index in [0.29, 0.717) is 6.61 Å². The third-order valence-corrected chi connectivity index (χ3v) is 2.56. The van der Waals surface area contributed by atoms with E-state index in [-0.39, 0.29) is 0 Å². The first-order valence-electron chi connectivity index (χ1n) is 6.19. The molecule has 4 heteroatoms. The Morgan fingerprint density at radius 3 is 3.11 bits per heavy atom. The number of aromatic nitrogens is 1. The third kappa shape index (κ3) is 3.60. The van der Waals surface area contributed by atoms with E-state index < -0.39 is 0 Å². The van der Waals surface area contributed by atoms with Gasteiger partial charge in [0.2, 0.25) is 0 Å². The molecule has 0 saturated heterocycles. The molecular formula is C14H18N2O2. The zero-order chi connectivity index (χ0) is 12.6. The first-order valence-corrected chi connectivity index (χ1v) is 6.19. The van der Waals surface area contributed by atoms with Crippen LogP contribution in [-0.2, 0) is 13.2 Å². The van der Waals surface area contributed by atoms with Crippen molar-refractivity contribution >= 4 is 0 Å². The van der Waals surface area contributed by atoms with Gasteiger partial charge in [0, 0.05) is 18.3 Å². The van der Waals surface area contributed by atoms with Gasteiger partial charge in [0.25, 0.3) is 0 Å². The zero-order valence-electron chi connectivity index (χ0n) is 10.6. The van der Waals surface area contributed by atoms with Gasteiger partial charge < -0.3 is 14.5 Å². The van der Waals surface area contributed by atoms with Crippen LogP contribution in [0.15, 0.2) is 41.3 Å². The Balaban J connectivity index is 1.94. The predicted molar refractivity (Wildman–Crippen MR) is 69.3 cm³/mol. The first-order chi connectivity index (χ1) is 8.90. The normalized spacial score (nSPS) is 10.5. The average Bonchev–Trinajstić information content (AvgIpc) is 2.91. The van der Waals surface area contributed by atoms with E-state index in [4.69, 9.17) is 9.15 Å². The van der Waals surface area contributed by atoms with Crippen LogP contribution in [0.1, 0.15) is 24.7 Å². The second kappa shape index (κ2) is 6.81. The molecule has 0 amide bonds. The van der Waals surface area contributed by atoms with Gasteiger partial charge in [0.15, 0.2) is 0 Å². The molecular weight excluding hydrogens is 228 g/mol. The monoisotopic (exact) mass is 246 g/mol. The number of hydrogen-bond donors (Lipinski definition) is 1. The predicted octanol–water partition coefficient (Wildman–Crippen LogP) is 2.75. The highest BCUT2D eigenvalue weighted by Crippen LogP contribution is 2.17. The number of furan rings is 1. The topological polar surface area (TPSA) is 47.3 Å². The van der Waals surface area contributed by atoms with E-state index in [2.05, 4.69) is 17.2 Å². The summed E-state index contributed by atoms with van der Waals surface area (Å²) in [5.41, 5.74) is 1.12. The van der Waals surface area contributed by atoms with Crippen molar-refractivity contribution in [3.05, 3.63) is 48.2 Å². The van der Waals surface area contributed by atoms with Crippen molar-refractivity contribution in [3.63, 3.8) is 0 Å². The van der Waals surface area contributed by atoms with Crippen LogP contribution in [0.4, 0.5) is 0 Å². The van der Waals surface area contributed by atoms with Gasteiger partial charge >= 0.3 is 0 Å². The Morgan fingerprint density at radius 1 is 1.39 bits per heavy atom. The van der Waals surface area contributed by atoms with Crippen molar-refractivity contribution in [1.82, 2.24) is 10.3 Å². The molecule has 0 aliphatic rings. The zero-order valence-corrected chi connectivity index (χ0v) is 10.6. The number of rotatable bonds is 7. The molecule has 0 radical (unpaired) electrons. The second-order valence-electron chi connectivity index (χ2n) is 4.03. The summed E-state index contributed by atoms with van der Waals surface area (Å²) in [6.07, 6.45) is 6.29. The van der Waals surface area contributed by atoms with Gasteiger partial charge in [-0.25, -0.2) is 0 Å². The first kappa shape index (κ1) is 12.6. The summed E-state index contributed by atoms with van der Waals surface area (Å²) in [6, 6.07) is 5.72. The lowest BCUT2D eigenvalue weighted by atomic mass is 10.2. The highest BCUT2D eigenvalue weighted by Gasteiger charge is 2.04. The van der Waals surface area contributed by atoms with E-state index in [1.54, 1.807) is 18.7 Å². The molecule has 0 fully saturated rings. The fourth-order valence-corrected chi connectivity index (χ4v) is 1.63. The highest BCUT2D eigenvalue weighted by atomic mass is 16.5. The summed E-state index contributed by atoms with van der Waals surface area (Å²) in [5, 5.41) is 3.35. The summed E-state index contributed by atoms with van der Waals surface area (Å²) in [5.74, 6) is 1.61. The summed E-state index contributed by atoms with van der Waals surface area (Å²) in [4.78, 5) is 4.09. The van der Waals surface area contributed by atoms with Crippen LogP contribution >= 0.6 is 0 Å². The SMILES string of the molecule is CCCNCc1ccncc1OCc1ccco1. The molecule has 0 saturated carbocycles. The van der Waals surface area contributed by atoms with E-state index in [0.717, 1.165) is 36.6 Å². The van der Waals surface area contributed by atoms with Gasteiger partial charge in [0.05, 0.1) is 12.5 Å². The molecule has 2 heterocycles. The smallest absolute Gasteiger partial charge is 0.146 e. The minimum absolute atomic E-state index is 0.430. The molecule has 2 aromatic heterocycles. The third-order valence-electron chi connectivity index (χ3n) is 2.56. The lowest BCUT2D eigenvalue weighted by molar-refractivity contribution is 0.266. The molecule has 0 aromatic carbocycles. The molecule has 0 aliphatic carbocycles. The van der Waals surface area contributed by atoms with Gasteiger partial charge in [-0.3, -0.25) is 4.98 Å². The summed E-state index contributed by atoms with van der Waals surface area (Å²) in [6.45, 7) is 4.37. The summed E-state index contributed by atoms with van der Waals surface area (Å²) in [7, 11) is 0. The maximum atomic E-state index is 5.72. The summed E-state index contributed by atoms with van der Waals surface area (Å²) >= 11 is 0. The Morgan fingerprint density at radius 2 is 2.33 bits per heavy atom. The van der Waals surface area contributed by atoms with E-state index >= 15 is 0 Å². The number of nitrogens with one attached hydrogen (secondary N) is 1. The number of pyridine rings is 1.